The third-order valence-corrected chi connectivity index (χ3v) is 4.83. The third-order valence-electron chi connectivity index (χ3n) is 4.60. The van der Waals surface area contributed by atoms with Gasteiger partial charge in [0, 0.05) is 18.1 Å². The molecular weight excluding hydrogens is 404 g/mol. The number of hydrogen-bond acceptors (Lipinski definition) is 5. The van der Waals surface area contributed by atoms with E-state index in [1.807, 2.05) is 41.9 Å². The van der Waals surface area contributed by atoms with E-state index >= 15 is 0 Å². The van der Waals surface area contributed by atoms with Crippen LogP contribution < -0.4 is 9.47 Å². The minimum Gasteiger partial charge on any atom is -0.486 e. The molecule has 7 heteroatoms. The zero-order chi connectivity index (χ0) is 21.1. The molecule has 0 radical (unpaired) electrons. The molecule has 30 heavy (non-hydrogen) atoms. The second-order valence-corrected chi connectivity index (χ2v) is 7.04. The Labute approximate surface area is 178 Å². The normalized spacial score (nSPS) is 10.8. The highest BCUT2D eigenvalue weighted by Crippen LogP contribution is 2.28. The Morgan fingerprint density at radius 1 is 1.00 bits per heavy atom. The zero-order valence-electron chi connectivity index (χ0n) is 16.5. The molecule has 3 aromatic carbocycles. The molecule has 0 aliphatic heterocycles. The van der Waals surface area contributed by atoms with Crippen LogP contribution in [0.1, 0.15) is 16.2 Å². The molecule has 4 rings (SSSR count). The summed E-state index contributed by atoms with van der Waals surface area (Å²) in [6, 6.07) is 19.8. The fourth-order valence-corrected chi connectivity index (χ4v) is 3.24. The van der Waals surface area contributed by atoms with Crippen LogP contribution in [0, 0.1) is 0 Å². The van der Waals surface area contributed by atoms with Gasteiger partial charge in [-0.2, -0.15) is 0 Å². The van der Waals surface area contributed by atoms with Gasteiger partial charge < -0.3 is 18.8 Å². The van der Waals surface area contributed by atoms with Crippen molar-refractivity contribution in [3.8, 4) is 17.2 Å². The number of carbonyl (C=O) groups excluding carboxylic acids is 1. The number of esters is 1. The number of imidazole rings is 1. The number of aromatic nitrogens is 2. The molecule has 0 bridgehead atoms. The first kappa shape index (κ1) is 19.8. The summed E-state index contributed by atoms with van der Waals surface area (Å²) >= 11 is 6.02. The predicted molar refractivity (Wildman–Crippen MR) is 114 cm³/mol. The summed E-state index contributed by atoms with van der Waals surface area (Å²) in [5.41, 5.74) is 2.18. The molecule has 4 aromatic rings. The molecule has 0 N–H and O–H groups in total. The lowest BCUT2D eigenvalue weighted by molar-refractivity contribution is 0.0600. The smallest absolute Gasteiger partial charge is 0.337 e. The fraction of sp³-hybridized carbons (Fsp3) is 0.130. The van der Waals surface area contributed by atoms with Crippen LogP contribution in [0.2, 0.25) is 5.02 Å². The second kappa shape index (κ2) is 8.47. The van der Waals surface area contributed by atoms with Gasteiger partial charge in [0.2, 0.25) is 0 Å². The first-order valence-corrected chi connectivity index (χ1v) is 9.61. The van der Waals surface area contributed by atoms with Crippen molar-refractivity contribution >= 4 is 28.6 Å². The van der Waals surface area contributed by atoms with E-state index in [2.05, 4.69) is 4.98 Å². The van der Waals surface area contributed by atoms with Crippen molar-refractivity contribution in [2.45, 2.75) is 6.61 Å². The lowest BCUT2D eigenvalue weighted by atomic mass is 10.2. The number of nitrogens with zero attached hydrogens (tertiary/aromatic N) is 2. The van der Waals surface area contributed by atoms with Gasteiger partial charge in [-0.3, -0.25) is 0 Å². The first-order chi connectivity index (χ1) is 14.5. The van der Waals surface area contributed by atoms with E-state index in [1.165, 1.54) is 7.11 Å². The molecule has 0 unspecified atom stereocenters. The van der Waals surface area contributed by atoms with Crippen LogP contribution in [0.15, 0.2) is 66.7 Å². The maximum atomic E-state index is 11.7. The van der Waals surface area contributed by atoms with Crippen molar-refractivity contribution < 1.29 is 19.0 Å². The van der Waals surface area contributed by atoms with E-state index in [-0.39, 0.29) is 6.61 Å². The Bertz CT molecular complexity index is 1220. The molecule has 0 saturated carbocycles. The van der Waals surface area contributed by atoms with Gasteiger partial charge in [-0.15, -0.1) is 0 Å². The number of rotatable bonds is 6. The lowest BCUT2D eigenvalue weighted by Gasteiger charge is -2.08. The number of hydrogen-bond donors (Lipinski definition) is 0. The maximum Gasteiger partial charge on any atom is 0.337 e. The molecule has 1 heterocycles. The molecule has 0 atom stereocenters. The van der Waals surface area contributed by atoms with Gasteiger partial charge in [0.05, 0.1) is 23.7 Å². The summed E-state index contributed by atoms with van der Waals surface area (Å²) in [7, 11) is 3.27. The summed E-state index contributed by atoms with van der Waals surface area (Å²) in [4.78, 5) is 16.3. The van der Waals surface area contributed by atoms with Crippen LogP contribution in [-0.4, -0.2) is 22.6 Å². The fourth-order valence-electron chi connectivity index (χ4n) is 3.06. The maximum absolute atomic E-state index is 11.7. The first-order valence-electron chi connectivity index (χ1n) is 9.23. The summed E-state index contributed by atoms with van der Waals surface area (Å²) in [5, 5.41) is 0.616. The highest BCUT2D eigenvalue weighted by Gasteiger charge is 2.11. The standard InChI is InChI=1S/C23H19ClN2O4/c1-26-21-13-19(30-18-8-4-6-16(24)12-18)9-10-20(21)25-22(26)14-29-17-7-3-5-15(11-17)23(27)28-2/h3-13H,14H2,1-2H3. The topological polar surface area (TPSA) is 62.6 Å². The summed E-state index contributed by atoms with van der Waals surface area (Å²) < 4.78 is 18.4. The van der Waals surface area contributed by atoms with Crippen molar-refractivity contribution in [3.05, 3.63) is 83.1 Å². The third kappa shape index (κ3) is 4.23. The number of fused-ring (bicyclic) bond motifs is 1. The molecule has 152 valence electrons. The van der Waals surface area contributed by atoms with Gasteiger partial charge in [0.25, 0.3) is 0 Å². The predicted octanol–water partition coefficient (Wildman–Crippen LogP) is 5.38. The number of halogens is 1. The van der Waals surface area contributed by atoms with Crippen LogP contribution in [0.25, 0.3) is 11.0 Å². The Morgan fingerprint density at radius 2 is 1.77 bits per heavy atom. The minimum absolute atomic E-state index is 0.250. The average molecular weight is 423 g/mol. The van der Waals surface area contributed by atoms with E-state index in [9.17, 15) is 4.79 Å². The summed E-state index contributed by atoms with van der Waals surface area (Å²) in [5.74, 6) is 2.25. The molecule has 0 aliphatic carbocycles. The quantitative estimate of drug-likeness (QED) is 0.390. The lowest BCUT2D eigenvalue weighted by Crippen LogP contribution is -2.05. The van der Waals surface area contributed by atoms with Crippen molar-refractivity contribution in [1.82, 2.24) is 9.55 Å². The van der Waals surface area contributed by atoms with Crippen LogP contribution in [-0.2, 0) is 18.4 Å². The molecule has 0 spiro atoms. The van der Waals surface area contributed by atoms with Crippen LogP contribution >= 0.6 is 11.6 Å². The largest absolute Gasteiger partial charge is 0.486 e. The van der Waals surface area contributed by atoms with Gasteiger partial charge in [0.15, 0.2) is 0 Å². The summed E-state index contributed by atoms with van der Waals surface area (Å²) in [6.07, 6.45) is 0. The number of methoxy groups -OCH3 is 1. The molecule has 0 aliphatic rings. The van der Waals surface area contributed by atoms with Gasteiger partial charge in [-0.25, -0.2) is 9.78 Å². The molecule has 0 amide bonds. The number of ether oxygens (including phenoxy) is 3. The van der Waals surface area contributed by atoms with Gasteiger partial charge in [0.1, 0.15) is 29.7 Å². The van der Waals surface area contributed by atoms with Crippen molar-refractivity contribution in [1.29, 1.82) is 0 Å². The SMILES string of the molecule is COC(=O)c1cccc(OCc2nc3ccc(Oc4cccc(Cl)c4)cc3n2C)c1. The van der Waals surface area contributed by atoms with Crippen LogP contribution in [0.5, 0.6) is 17.2 Å². The molecule has 0 saturated heterocycles. The highest BCUT2D eigenvalue weighted by atomic mass is 35.5. The van der Waals surface area contributed by atoms with E-state index < -0.39 is 5.97 Å². The van der Waals surface area contributed by atoms with Gasteiger partial charge in [-0.05, 0) is 48.5 Å². The number of carbonyl (C=O) groups is 1. The summed E-state index contributed by atoms with van der Waals surface area (Å²) in [6.45, 7) is 0.250. The van der Waals surface area contributed by atoms with Crippen LogP contribution in [0.3, 0.4) is 0 Å². The average Bonchev–Trinajstić information content (AvgIpc) is 3.07. The van der Waals surface area contributed by atoms with Gasteiger partial charge >= 0.3 is 5.97 Å². The second-order valence-electron chi connectivity index (χ2n) is 6.61. The Hall–Kier alpha value is -3.51. The Balaban J connectivity index is 1.53. The Kier molecular flexibility index (Phi) is 5.59. The van der Waals surface area contributed by atoms with Crippen molar-refractivity contribution in [2.24, 2.45) is 7.05 Å². The van der Waals surface area contributed by atoms with Crippen molar-refractivity contribution in [3.63, 3.8) is 0 Å². The zero-order valence-corrected chi connectivity index (χ0v) is 17.2. The number of aryl methyl sites for hydroxylation is 1. The van der Waals surface area contributed by atoms with Gasteiger partial charge in [-0.1, -0.05) is 23.7 Å². The van der Waals surface area contributed by atoms with E-state index in [0.29, 0.717) is 27.8 Å². The van der Waals surface area contributed by atoms with Crippen LogP contribution in [0.4, 0.5) is 0 Å². The molecule has 6 nitrogen and oxygen atoms in total. The molecular formula is C23H19ClN2O4. The monoisotopic (exact) mass is 422 g/mol. The highest BCUT2D eigenvalue weighted by molar-refractivity contribution is 6.30. The Morgan fingerprint density at radius 3 is 2.57 bits per heavy atom. The minimum atomic E-state index is -0.407. The number of benzene rings is 3. The van der Waals surface area contributed by atoms with Crippen molar-refractivity contribution in [2.75, 3.05) is 7.11 Å². The molecule has 1 aromatic heterocycles. The molecule has 0 fully saturated rings. The van der Waals surface area contributed by atoms with E-state index in [0.717, 1.165) is 16.9 Å². The van der Waals surface area contributed by atoms with E-state index in [1.54, 1.807) is 36.4 Å². The van der Waals surface area contributed by atoms with E-state index in [4.69, 9.17) is 25.8 Å².